The lowest BCUT2D eigenvalue weighted by molar-refractivity contribution is -0.137. The third-order valence-corrected chi connectivity index (χ3v) is 7.20. The molecule has 0 saturated heterocycles. The smallest absolute Gasteiger partial charge is 0.416 e. The molecule has 34 heavy (non-hydrogen) atoms. The number of rotatable bonds is 8. The minimum absolute atomic E-state index is 0.0487. The zero-order chi connectivity index (χ0) is 24.3. The van der Waals surface area contributed by atoms with Gasteiger partial charge in [0.05, 0.1) is 24.3 Å². The first kappa shape index (κ1) is 24.6. The molecule has 8 heteroatoms. The maximum absolute atomic E-state index is 12.9. The summed E-state index contributed by atoms with van der Waals surface area (Å²) in [5.41, 5.74) is 8.10. The minimum atomic E-state index is -4.38. The molecule has 0 aliphatic carbocycles. The van der Waals surface area contributed by atoms with Crippen LogP contribution >= 0.6 is 11.8 Å². The van der Waals surface area contributed by atoms with Gasteiger partial charge in [-0.25, -0.2) is 0 Å². The number of aryl methyl sites for hydroxylation is 1. The van der Waals surface area contributed by atoms with Crippen LogP contribution in [0.15, 0.2) is 70.5 Å². The van der Waals surface area contributed by atoms with Crippen molar-refractivity contribution < 1.29 is 28.1 Å². The number of aliphatic hydroxyl groups excluding tert-OH is 2. The summed E-state index contributed by atoms with van der Waals surface area (Å²) < 4.78 is 44.6. The van der Waals surface area contributed by atoms with Gasteiger partial charge in [0.1, 0.15) is 12.4 Å². The van der Waals surface area contributed by atoms with Crippen molar-refractivity contribution >= 4 is 11.8 Å². The largest absolute Gasteiger partial charge is 0.489 e. The number of fused-ring (bicyclic) bond motifs is 2. The summed E-state index contributed by atoms with van der Waals surface area (Å²) in [6, 6.07) is 17.1. The molecule has 4 rings (SSSR count). The molecular formula is C26H26F3NO3S. The van der Waals surface area contributed by atoms with Crippen LogP contribution in [0.1, 0.15) is 34.2 Å². The number of ether oxygens (including phenoxy) is 1. The molecule has 3 aromatic rings. The van der Waals surface area contributed by atoms with Crippen LogP contribution in [0, 0.1) is 0 Å². The van der Waals surface area contributed by atoms with Crippen LogP contribution in [-0.2, 0) is 25.6 Å². The molecule has 1 aliphatic heterocycles. The molecule has 0 amide bonds. The van der Waals surface area contributed by atoms with E-state index in [-0.39, 0.29) is 19.8 Å². The Morgan fingerprint density at radius 3 is 2.29 bits per heavy atom. The highest BCUT2D eigenvalue weighted by Crippen LogP contribution is 2.41. The lowest BCUT2D eigenvalue weighted by Crippen LogP contribution is -2.47. The maximum atomic E-state index is 12.9. The van der Waals surface area contributed by atoms with Crippen molar-refractivity contribution in [3.05, 3.63) is 88.5 Å². The van der Waals surface area contributed by atoms with E-state index in [1.807, 2.05) is 24.3 Å². The van der Waals surface area contributed by atoms with Crippen molar-refractivity contribution in [3.8, 4) is 5.75 Å². The van der Waals surface area contributed by atoms with E-state index in [2.05, 4.69) is 12.1 Å². The average molecular weight is 490 g/mol. The van der Waals surface area contributed by atoms with Crippen LogP contribution in [0.4, 0.5) is 13.2 Å². The van der Waals surface area contributed by atoms with Gasteiger partial charge in [-0.05, 0) is 77.9 Å². The second-order valence-electron chi connectivity index (χ2n) is 8.66. The van der Waals surface area contributed by atoms with E-state index in [1.54, 1.807) is 17.8 Å². The third kappa shape index (κ3) is 5.75. The van der Waals surface area contributed by atoms with E-state index in [1.165, 1.54) is 11.6 Å². The molecule has 0 bridgehead atoms. The average Bonchev–Trinajstić information content (AvgIpc) is 2.84. The van der Waals surface area contributed by atoms with Gasteiger partial charge in [0.25, 0.3) is 0 Å². The fourth-order valence-electron chi connectivity index (χ4n) is 3.84. The number of aliphatic hydroxyl groups is 2. The fraction of sp³-hybridized carbons (Fsp3) is 0.308. The van der Waals surface area contributed by atoms with Crippen molar-refractivity contribution in [1.29, 1.82) is 0 Å². The van der Waals surface area contributed by atoms with E-state index < -0.39 is 17.3 Å². The molecule has 4 nitrogen and oxygen atoms in total. The first-order valence-electron chi connectivity index (χ1n) is 10.9. The van der Waals surface area contributed by atoms with Gasteiger partial charge in [0.15, 0.2) is 0 Å². The molecule has 0 fully saturated rings. The van der Waals surface area contributed by atoms with Gasteiger partial charge in [-0.15, -0.1) is 0 Å². The van der Waals surface area contributed by atoms with Crippen molar-refractivity contribution in [2.75, 3.05) is 13.2 Å². The Balaban J connectivity index is 1.44. The second-order valence-corrected chi connectivity index (χ2v) is 9.74. The Morgan fingerprint density at radius 2 is 1.59 bits per heavy atom. The van der Waals surface area contributed by atoms with E-state index in [9.17, 15) is 23.4 Å². The Kier molecular flexibility index (Phi) is 7.23. The van der Waals surface area contributed by atoms with Crippen LogP contribution in [0.3, 0.4) is 0 Å². The number of nitrogens with two attached hydrogens (primary N) is 1. The normalized spacial score (nSPS) is 13.4. The summed E-state index contributed by atoms with van der Waals surface area (Å²) in [5, 5.41) is 18.8. The van der Waals surface area contributed by atoms with Crippen LogP contribution < -0.4 is 10.5 Å². The van der Waals surface area contributed by atoms with Crippen molar-refractivity contribution in [2.24, 2.45) is 5.73 Å². The minimum Gasteiger partial charge on any atom is -0.489 e. The van der Waals surface area contributed by atoms with Gasteiger partial charge in [0.2, 0.25) is 0 Å². The third-order valence-electron chi connectivity index (χ3n) is 5.96. The zero-order valence-electron chi connectivity index (χ0n) is 18.4. The van der Waals surface area contributed by atoms with Crippen molar-refractivity contribution in [2.45, 2.75) is 47.4 Å². The summed E-state index contributed by atoms with van der Waals surface area (Å²) >= 11 is 1.67. The molecule has 0 radical (unpaired) electrons. The first-order valence-corrected chi connectivity index (χ1v) is 11.7. The highest BCUT2D eigenvalue weighted by Gasteiger charge is 2.30. The van der Waals surface area contributed by atoms with Gasteiger partial charge >= 0.3 is 6.18 Å². The molecular weight excluding hydrogens is 463 g/mol. The van der Waals surface area contributed by atoms with Gasteiger partial charge in [-0.3, -0.25) is 0 Å². The molecule has 4 N–H and O–H groups in total. The number of benzene rings is 3. The Hall–Kier alpha value is -2.52. The quantitative estimate of drug-likeness (QED) is 0.326. The van der Waals surface area contributed by atoms with Crippen LogP contribution in [0.25, 0.3) is 0 Å². The van der Waals surface area contributed by atoms with E-state index >= 15 is 0 Å². The molecule has 0 atom stereocenters. The van der Waals surface area contributed by atoms with Gasteiger partial charge in [0, 0.05) is 9.79 Å². The molecule has 0 aromatic heterocycles. The number of hydrogen-bond donors (Lipinski definition) is 3. The molecule has 0 saturated carbocycles. The molecule has 0 spiro atoms. The van der Waals surface area contributed by atoms with Crippen LogP contribution in [0.5, 0.6) is 5.75 Å². The summed E-state index contributed by atoms with van der Waals surface area (Å²) in [5.74, 6) is 0.607. The molecule has 180 valence electrons. The summed E-state index contributed by atoms with van der Waals surface area (Å²) in [4.78, 5) is 2.28. The van der Waals surface area contributed by atoms with Crippen LogP contribution in [-0.4, -0.2) is 29.0 Å². The standard InChI is InChI=1S/C26H26F3NO3S/c27-26(28,29)21-3-1-2-18(11-21)14-33-22-5-7-24-20(13-22)12-19-10-17(4-6-23(19)34-24)8-9-25(30,15-31)16-32/h1-7,10-11,13,31-32H,8-9,12,14-16,30H2. The highest BCUT2D eigenvalue weighted by atomic mass is 32.2. The molecule has 1 heterocycles. The van der Waals surface area contributed by atoms with Gasteiger partial charge in [-0.2, -0.15) is 13.2 Å². The lowest BCUT2D eigenvalue weighted by Gasteiger charge is -2.25. The predicted molar refractivity (Wildman–Crippen MR) is 125 cm³/mol. The van der Waals surface area contributed by atoms with Gasteiger partial charge in [-0.1, -0.05) is 36.0 Å². The summed E-state index contributed by atoms with van der Waals surface area (Å²) in [6.07, 6.45) is -2.56. The SMILES string of the molecule is NC(CO)(CO)CCc1ccc2c(c1)Cc1cc(OCc3cccc(C(F)(F)F)c3)ccc1S2. The maximum Gasteiger partial charge on any atom is 0.416 e. The Labute approximate surface area is 200 Å². The topological polar surface area (TPSA) is 75.7 Å². The van der Waals surface area contributed by atoms with Crippen molar-refractivity contribution in [1.82, 2.24) is 0 Å². The fourth-order valence-corrected chi connectivity index (χ4v) is 4.87. The van der Waals surface area contributed by atoms with Gasteiger partial charge < -0.3 is 20.7 Å². The summed E-state index contributed by atoms with van der Waals surface area (Å²) in [7, 11) is 0. The molecule has 3 aromatic carbocycles. The van der Waals surface area contributed by atoms with E-state index in [4.69, 9.17) is 10.5 Å². The Bertz CT molecular complexity index is 1160. The van der Waals surface area contributed by atoms with E-state index in [0.717, 1.165) is 33.1 Å². The summed E-state index contributed by atoms with van der Waals surface area (Å²) in [6.45, 7) is -0.505. The number of hydrogen-bond acceptors (Lipinski definition) is 5. The molecule has 1 aliphatic rings. The number of alkyl halides is 3. The Morgan fingerprint density at radius 1 is 0.882 bits per heavy atom. The second kappa shape index (κ2) is 10.00. The highest BCUT2D eigenvalue weighted by molar-refractivity contribution is 7.99. The monoisotopic (exact) mass is 489 g/mol. The van der Waals surface area contributed by atoms with Crippen molar-refractivity contribution in [3.63, 3.8) is 0 Å². The first-order chi connectivity index (χ1) is 16.2. The number of halogens is 3. The molecule has 0 unspecified atom stereocenters. The van der Waals surface area contributed by atoms with Crippen LogP contribution in [0.2, 0.25) is 0 Å². The lowest BCUT2D eigenvalue weighted by atomic mass is 9.92. The van der Waals surface area contributed by atoms with E-state index in [0.29, 0.717) is 30.6 Å². The predicted octanol–water partition coefficient (Wildman–Crippen LogP) is 4.95. The zero-order valence-corrected chi connectivity index (χ0v) is 19.3.